The minimum atomic E-state index is -0.504. The molecule has 1 heterocycles. The van der Waals surface area contributed by atoms with Gasteiger partial charge in [-0.15, -0.1) is 0 Å². The van der Waals surface area contributed by atoms with Crippen LogP contribution >= 0.6 is 0 Å². The van der Waals surface area contributed by atoms with Crippen molar-refractivity contribution in [3.8, 4) is 0 Å². The fraction of sp³-hybridized carbons (Fsp3) is 0.385. The maximum absolute atomic E-state index is 9.27. The van der Waals surface area contributed by atoms with Crippen LogP contribution in [-0.4, -0.2) is 28.5 Å². The molecule has 0 aliphatic heterocycles. The van der Waals surface area contributed by atoms with Crippen LogP contribution in [0.4, 0.5) is 0 Å². The number of hydrogen-bond donors (Lipinski definition) is 1. The van der Waals surface area contributed by atoms with Crippen LogP contribution in [-0.2, 0) is 11.2 Å². The first-order chi connectivity index (χ1) is 8.70. The van der Waals surface area contributed by atoms with Crippen molar-refractivity contribution in [1.29, 1.82) is 0 Å². The van der Waals surface area contributed by atoms with Crippen molar-refractivity contribution in [2.45, 2.75) is 25.6 Å². The number of aliphatic hydroxyl groups is 1. The average molecular weight is 248 g/mol. The highest BCUT2D eigenvalue weighted by Crippen LogP contribution is 2.22. The van der Waals surface area contributed by atoms with Gasteiger partial charge < -0.3 is 14.4 Å². The lowest BCUT2D eigenvalue weighted by molar-refractivity contribution is 0.126. The topological polar surface area (TPSA) is 68.4 Å². The van der Waals surface area contributed by atoms with E-state index in [4.69, 9.17) is 9.26 Å². The fourth-order valence-corrected chi connectivity index (χ4v) is 1.73. The number of nitrogens with zero attached hydrogens (tertiary/aromatic N) is 2. The van der Waals surface area contributed by atoms with Gasteiger partial charge in [0, 0.05) is 7.11 Å². The van der Waals surface area contributed by atoms with Crippen LogP contribution in [0.2, 0.25) is 0 Å². The fourth-order valence-electron chi connectivity index (χ4n) is 1.73. The second-order valence-corrected chi connectivity index (χ2v) is 4.13. The molecule has 0 fully saturated rings. The number of aromatic nitrogens is 2. The highest BCUT2D eigenvalue weighted by atomic mass is 16.5. The van der Waals surface area contributed by atoms with E-state index in [0.29, 0.717) is 18.1 Å². The van der Waals surface area contributed by atoms with Crippen molar-refractivity contribution in [3.63, 3.8) is 0 Å². The summed E-state index contributed by atoms with van der Waals surface area (Å²) in [5.74, 6) is 0.886. The summed E-state index contributed by atoms with van der Waals surface area (Å²) in [6.45, 7) is 1.68. The lowest BCUT2D eigenvalue weighted by Gasteiger charge is -2.10. The predicted molar refractivity (Wildman–Crippen MR) is 65.0 cm³/mol. The number of ether oxygens (including phenoxy) is 1. The van der Waals surface area contributed by atoms with Crippen molar-refractivity contribution in [2.24, 2.45) is 0 Å². The third kappa shape index (κ3) is 2.94. The van der Waals surface area contributed by atoms with Gasteiger partial charge in [-0.1, -0.05) is 35.5 Å². The zero-order valence-electron chi connectivity index (χ0n) is 10.4. The molecule has 96 valence electrons. The molecule has 1 N–H and O–H groups in total. The van der Waals surface area contributed by atoms with Crippen LogP contribution in [0.15, 0.2) is 34.9 Å². The quantitative estimate of drug-likeness (QED) is 0.872. The lowest BCUT2D eigenvalue weighted by Crippen LogP contribution is -2.07. The minimum absolute atomic E-state index is 0.345. The molecule has 2 rings (SSSR count). The Labute approximate surface area is 105 Å². The van der Waals surface area contributed by atoms with Gasteiger partial charge in [-0.05, 0) is 12.5 Å². The monoisotopic (exact) mass is 248 g/mol. The first kappa shape index (κ1) is 12.7. The van der Waals surface area contributed by atoms with E-state index in [1.807, 2.05) is 30.3 Å². The second kappa shape index (κ2) is 5.75. The largest absolute Gasteiger partial charge is 0.393 e. The third-order valence-corrected chi connectivity index (χ3v) is 2.53. The standard InChI is InChI=1S/C13H16N2O3/c1-9(16)8-11-14-13(15-18-11)12(17-2)10-6-4-3-5-7-10/h3-7,9,12,16H,8H2,1-2H3. The molecule has 2 aromatic rings. The molecule has 1 aromatic carbocycles. The number of benzene rings is 1. The van der Waals surface area contributed by atoms with Crippen LogP contribution in [0.25, 0.3) is 0 Å². The Kier molecular flexibility index (Phi) is 4.07. The average Bonchev–Trinajstić information content (AvgIpc) is 2.79. The summed E-state index contributed by atoms with van der Waals surface area (Å²) in [7, 11) is 1.60. The molecule has 0 saturated heterocycles. The van der Waals surface area contributed by atoms with Gasteiger partial charge in [0.2, 0.25) is 11.7 Å². The molecule has 5 heteroatoms. The molecule has 0 aliphatic rings. The highest BCUT2D eigenvalue weighted by molar-refractivity contribution is 5.22. The highest BCUT2D eigenvalue weighted by Gasteiger charge is 2.20. The number of rotatable bonds is 5. The van der Waals surface area contributed by atoms with Crippen LogP contribution < -0.4 is 0 Å². The smallest absolute Gasteiger partial charge is 0.229 e. The third-order valence-electron chi connectivity index (χ3n) is 2.53. The molecule has 0 radical (unpaired) electrons. The van der Waals surface area contributed by atoms with Gasteiger partial charge in [0.25, 0.3) is 0 Å². The van der Waals surface area contributed by atoms with E-state index >= 15 is 0 Å². The molecular weight excluding hydrogens is 232 g/mol. The lowest BCUT2D eigenvalue weighted by atomic mass is 10.1. The maximum atomic E-state index is 9.27. The predicted octanol–water partition coefficient (Wildman–Crippen LogP) is 1.73. The van der Waals surface area contributed by atoms with E-state index < -0.39 is 6.10 Å². The van der Waals surface area contributed by atoms with Gasteiger partial charge in [0.1, 0.15) is 6.10 Å². The molecule has 2 unspecified atom stereocenters. The van der Waals surface area contributed by atoms with E-state index in [-0.39, 0.29) is 6.10 Å². The van der Waals surface area contributed by atoms with Crippen LogP contribution in [0.3, 0.4) is 0 Å². The van der Waals surface area contributed by atoms with E-state index in [0.717, 1.165) is 5.56 Å². The SMILES string of the molecule is COC(c1ccccc1)c1noc(CC(C)O)n1. The van der Waals surface area contributed by atoms with Gasteiger partial charge in [0.15, 0.2) is 0 Å². The Hall–Kier alpha value is -1.72. The van der Waals surface area contributed by atoms with Gasteiger partial charge in [-0.25, -0.2) is 0 Å². The van der Waals surface area contributed by atoms with Crippen molar-refractivity contribution in [3.05, 3.63) is 47.6 Å². The molecule has 0 aliphatic carbocycles. The Balaban J connectivity index is 2.20. The van der Waals surface area contributed by atoms with Gasteiger partial charge >= 0.3 is 0 Å². The van der Waals surface area contributed by atoms with Crippen LogP contribution in [0.5, 0.6) is 0 Å². The Bertz CT molecular complexity index is 482. The zero-order chi connectivity index (χ0) is 13.0. The van der Waals surface area contributed by atoms with Gasteiger partial charge in [0.05, 0.1) is 12.5 Å². The molecule has 0 saturated carbocycles. The first-order valence-electron chi connectivity index (χ1n) is 5.79. The summed E-state index contributed by atoms with van der Waals surface area (Å²) in [6.07, 6.45) is -0.508. The van der Waals surface area contributed by atoms with E-state index in [1.165, 1.54) is 0 Å². The summed E-state index contributed by atoms with van der Waals surface area (Å²) in [4.78, 5) is 4.24. The van der Waals surface area contributed by atoms with Crippen LogP contribution in [0, 0.1) is 0 Å². The first-order valence-corrected chi connectivity index (χ1v) is 5.79. The second-order valence-electron chi connectivity index (χ2n) is 4.13. The van der Waals surface area contributed by atoms with Crippen LogP contribution in [0.1, 0.15) is 30.3 Å². The minimum Gasteiger partial charge on any atom is -0.393 e. The Morgan fingerprint density at radius 3 is 2.67 bits per heavy atom. The van der Waals surface area contributed by atoms with E-state index in [9.17, 15) is 5.11 Å². The molecule has 2 atom stereocenters. The Morgan fingerprint density at radius 2 is 2.06 bits per heavy atom. The summed E-state index contributed by atoms with van der Waals surface area (Å²) in [5.41, 5.74) is 0.962. The normalized spacial score (nSPS) is 14.4. The molecular formula is C13H16N2O3. The number of hydrogen-bond acceptors (Lipinski definition) is 5. The molecule has 18 heavy (non-hydrogen) atoms. The van der Waals surface area contributed by atoms with Crippen molar-refractivity contribution >= 4 is 0 Å². The van der Waals surface area contributed by atoms with Crippen molar-refractivity contribution in [2.75, 3.05) is 7.11 Å². The van der Waals surface area contributed by atoms with Gasteiger partial charge in [-0.3, -0.25) is 0 Å². The number of methoxy groups -OCH3 is 1. The molecule has 1 aromatic heterocycles. The van der Waals surface area contributed by atoms with E-state index in [2.05, 4.69) is 10.1 Å². The summed E-state index contributed by atoms with van der Waals surface area (Å²) in [5, 5.41) is 13.2. The summed E-state index contributed by atoms with van der Waals surface area (Å²) in [6, 6.07) is 9.68. The zero-order valence-corrected chi connectivity index (χ0v) is 10.4. The molecule has 0 bridgehead atoms. The summed E-state index contributed by atoms with van der Waals surface area (Å²) < 4.78 is 10.5. The van der Waals surface area contributed by atoms with Crippen molar-refractivity contribution in [1.82, 2.24) is 10.1 Å². The number of aliphatic hydroxyl groups excluding tert-OH is 1. The molecule has 0 amide bonds. The summed E-state index contributed by atoms with van der Waals surface area (Å²) >= 11 is 0. The molecule has 0 spiro atoms. The van der Waals surface area contributed by atoms with E-state index in [1.54, 1.807) is 14.0 Å². The van der Waals surface area contributed by atoms with Gasteiger partial charge in [-0.2, -0.15) is 4.98 Å². The van der Waals surface area contributed by atoms with Crippen molar-refractivity contribution < 1.29 is 14.4 Å². The molecule has 5 nitrogen and oxygen atoms in total. The Morgan fingerprint density at radius 1 is 1.33 bits per heavy atom. The maximum Gasteiger partial charge on any atom is 0.229 e.